The Morgan fingerprint density at radius 3 is 2.38 bits per heavy atom. The first-order valence-corrected chi connectivity index (χ1v) is 6.47. The van der Waals surface area contributed by atoms with E-state index in [9.17, 15) is 13.2 Å². The fraction of sp³-hybridized carbons (Fsp3) is 0.200. The van der Waals surface area contributed by atoms with Crippen molar-refractivity contribution in [2.75, 3.05) is 19.0 Å². The van der Waals surface area contributed by atoms with Crippen LogP contribution in [0.3, 0.4) is 0 Å². The monoisotopic (exact) mass is 315 g/mol. The van der Waals surface area contributed by atoms with Crippen molar-refractivity contribution >= 4 is 17.3 Å². The highest BCUT2D eigenvalue weighted by molar-refractivity contribution is 6.31. The number of hydrogen-bond donors (Lipinski definition) is 0. The Morgan fingerprint density at radius 1 is 1.05 bits per heavy atom. The van der Waals surface area contributed by atoms with Gasteiger partial charge in [0.25, 0.3) is 0 Å². The second-order valence-corrected chi connectivity index (χ2v) is 5.07. The van der Waals surface area contributed by atoms with Gasteiger partial charge in [0.05, 0.1) is 0 Å². The minimum Gasteiger partial charge on any atom is -0.406 e. The first-order valence-electron chi connectivity index (χ1n) is 6.09. The van der Waals surface area contributed by atoms with E-state index < -0.39 is 6.36 Å². The highest BCUT2D eigenvalue weighted by Gasteiger charge is 2.31. The fourth-order valence-electron chi connectivity index (χ4n) is 1.99. The molecule has 0 N–H and O–H groups in total. The molecule has 112 valence electrons. The molecule has 6 heteroatoms. The van der Waals surface area contributed by atoms with Gasteiger partial charge in [0.1, 0.15) is 5.75 Å². The molecular weight excluding hydrogens is 303 g/mol. The van der Waals surface area contributed by atoms with Crippen LogP contribution in [0.2, 0.25) is 5.02 Å². The molecule has 2 aromatic carbocycles. The molecule has 2 aromatic rings. The van der Waals surface area contributed by atoms with E-state index in [1.807, 2.05) is 25.1 Å². The van der Waals surface area contributed by atoms with E-state index in [1.165, 1.54) is 18.2 Å². The summed E-state index contributed by atoms with van der Waals surface area (Å²) in [7, 11) is 3.70. The summed E-state index contributed by atoms with van der Waals surface area (Å²) in [6.07, 6.45) is -4.71. The topological polar surface area (TPSA) is 12.5 Å². The molecule has 0 aromatic heterocycles. The van der Waals surface area contributed by atoms with Crippen LogP contribution < -0.4 is 9.64 Å². The maximum absolute atomic E-state index is 12.3. The van der Waals surface area contributed by atoms with E-state index in [4.69, 9.17) is 11.6 Å². The molecule has 0 unspecified atom stereocenters. The second-order valence-electron chi connectivity index (χ2n) is 4.63. The van der Waals surface area contributed by atoms with Gasteiger partial charge in [-0.1, -0.05) is 23.7 Å². The van der Waals surface area contributed by atoms with Gasteiger partial charge in [0.2, 0.25) is 0 Å². The summed E-state index contributed by atoms with van der Waals surface area (Å²) in [6, 6.07) is 11.1. The number of hydrogen-bond acceptors (Lipinski definition) is 2. The van der Waals surface area contributed by atoms with Gasteiger partial charge in [-0.2, -0.15) is 0 Å². The van der Waals surface area contributed by atoms with E-state index in [-0.39, 0.29) is 5.75 Å². The average molecular weight is 316 g/mol. The van der Waals surface area contributed by atoms with Gasteiger partial charge >= 0.3 is 6.36 Å². The third kappa shape index (κ3) is 4.04. The molecule has 21 heavy (non-hydrogen) atoms. The largest absolute Gasteiger partial charge is 0.573 e. The Morgan fingerprint density at radius 2 is 1.76 bits per heavy atom. The highest BCUT2D eigenvalue weighted by atomic mass is 35.5. The van der Waals surface area contributed by atoms with Crippen molar-refractivity contribution in [1.29, 1.82) is 0 Å². The molecule has 0 bridgehead atoms. The lowest BCUT2D eigenvalue weighted by Crippen LogP contribution is -2.17. The van der Waals surface area contributed by atoms with Crippen LogP contribution in [-0.4, -0.2) is 20.5 Å². The van der Waals surface area contributed by atoms with Crippen molar-refractivity contribution in [2.24, 2.45) is 0 Å². The van der Waals surface area contributed by atoms with E-state index in [0.717, 1.165) is 11.3 Å². The van der Waals surface area contributed by atoms with Crippen molar-refractivity contribution in [1.82, 2.24) is 0 Å². The Kier molecular flexibility index (Phi) is 4.32. The maximum Gasteiger partial charge on any atom is 0.573 e. The van der Waals surface area contributed by atoms with Gasteiger partial charge < -0.3 is 9.64 Å². The summed E-state index contributed by atoms with van der Waals surface area (Å²) in [5.74, 6) is -0.260. The van der Waals surface area contributed by atoms with Gasteiger partial charge in [0, 0.05) is 30.4 Å². The fourth-order valence-corrected chi connectivity index (χ4v) is 2.16. The van der Waals surface area contributed by atoms with Crippen molar-refractivity contribution in [2.45, 2.75) is 6.36 Å². The predicted octanol–water partition coefficient (Wildman–Crippen LogP) is 4.97. The zero-order valence-corrected chi connectivity index (χ0v) is 12.2. The lowest BCUT2D eigenvalue weighted by atomic mass is 10.0. The van der Waals surface area contributed by atoms with Crippen LogP contribution in [0.1, 0.15) is 0 Å². The lowest BCUT2D eigenvalue weighted by molar-refractivity contribution is -0.274. The number of ether oxygens (including phenoxy) is 1. The normalized spacial score (nSPS) is 11.3. The molecule has 0 saturated carbocycles. The standard InChI is InChI=1S/C15H13ClF3NO/c1-20(2)14-7-6-11(16)9-13(14)10-4-3-5-12(8-10)21-15(17,18)19/h3-9H,1-2H3. The van der Waals surface area contributed by atoms with E-state index in [1.54, 1.807) is 18.2 Å². The Hall–Kier alpha value is -1.88. The summed E-state index contributed by atoms with van der Waals surface area (Å²) in [5.41, 5.74) is 2.19. The Bertz CT molecular complexity index is 641. The van der Waals surface area contributed by atoms with Gasteiger partial charge in [-0.05, 0) is 35.9 Å². The van der Waals surface area contributed by atoms with Crippen LogP contribution in [0.25, 0.3) is 11.1 Å². The van der Waals surface area contributed by atoms with Crippen molar-refractivity contribution in [3.8, 4) is 16.9 Å². The lowest BCUT2D eigenvalue weighted by Gasteiger charge is -2.18. The van der Waals surface area contributed by atoms with Crippen LogP contribution in [0.15, 0.2) is 42.5 Å². The molecule has 0 atom stereocenters. The molecule has 2 nitrogen and oxygen atoms in total. The molecule has 0 saturated heterocycles. The van der Waals surface area contributed by atoms with Crippen molar-refractivity contribution in [3.63, 3.8) is 0 Å². The molecule has 0 amide bonds. The summed E-state index contributed by atoms with van der Waals surface area (Å²) >= 11 is 5.99. The van der Waals surface area contributed by atoms with Gasteiger partial charge in [-0.3, -0.25) is 0 Å². The first-order chi connectivity index (χ1) is 9.76. The minimum absolute atomic E-state index is 0.260. The smallest absolute Gasteiger partial charge is 0.406 e. The molecule has 0 heterocycles. The molecule has 0 aliphatic carbocycles. The molecule has 0 radical (unpaired) electrons. The summed E-state index contributed by atoms with van der Waals surface area (Å²) < 4.78 is 40.8. The maximum atomic E-state index is 12.3. The SMILES string of the molecule is CN(C)c1ccc(Cl)cc1-c1cccc(OC(F)(F)F)c1. The van der Waals surface area contributed by atoms with E-state index in [0.29, 0.717) is 10.6 Å². The number of halogens is 4. The van der Waals surface area contributed by atoms with Crippen LogP contribution in [-0.2, 0) is 0 Å². The molecule has 0 fully saturated rings. The quantitative estimate of drug-likeness (QED) is 0.792. The van der Waals surface area contributed by atoms with Crippen LogP contribution >= 0.6 is 11.6 Å². The first kappa shape index (κ1) is 15.5. The summed E-state index contributed by atoms with van der Waals surface area (Å²) in [5, 5.41) is 0.512. The summed E-state index contributed by atoms with van der Waals surface area (Å²) in [4.78, 5) is 1.86. The number of anilines is 1. The third-order valence-corrected chi connectivity index (χ3v) is 3.05. The molecular formula is C15H13ClF3NO. The number of alkyl halides is 3. The average Bonchev–Trinajstić information content (AvgIpc) is 2.36. The number of nitrogens with zero attached hydrogens (tertiary/aromatic N) is 1. The minimum atomic E-state index is -4.71. The summed E-state index contributed by atoms with van der Waals surface area (Å²) in [6.45, 7) is 0. The zero-order valence-electron chi connectivity index (χ0n) is 11.4. The van der Waals surface area contributed by atoms with E-state index >= 15 is 0 Å². The van der Waals surface area contributed by atoms with E-state index in [2.05, 4.69) is 4.74 Å². The van der Waals surface area contributed by atoms with Gasteiger partial charge in [-0.15, -0.1) is 13.2 Å². The van der Waals surface area contributed by atoms with Crippen molar-refractivity contribution in [3.05, 3.63) is 47.5 Å². The second kappa shape index (κ2) is 5.85. The highest BCUT2D eigenvalue weighted by Crippen LogP contribution is 2.35. The number of benzene rings is 2. The number of rotatable bonds is 3. The zero-order chi connectivity index (χ0) is 15.6. The Balaban J connectivity index is 2.47. The van der Waals surface area contributed by atoms with Crippen LogP contribution in [0.4, 0.5) is 18.9 Å². The molecule has 2 rings (SSSR count). The van der Waals surface area contributed by atoms with Gasteiger partial charge in [-0.25, -0.2) is 0 Å². The van der Waals surface area contributed by atoms with Gasteiger partial charge in [0.15, 0.2) is 0 Å². The molecule has 0 aliphatic rings. The predicted molar refractivity (Wildman–Crippen MR) is 77.9 cm³/mol. The van der Waals surface area contributed by atoms with Crippen LogP contribution in [0.5, 0.6) is 5.75 Å². The molecule has 0 spiro atoms. The van der Waals surface area contributed by atoms with Crippen LogP contribution in [0, 0.1) is 0 Å². The Labute approximate surface area is 125 Å². The molecule has 0 aliphatic heterocycles. The van der Waals surface area contributed by atoms with Crippen molar-refractivity contribution < 1.29 is 17.9 Å². The third-order valence-electron chi connectivity index (χ3n) is 2.82.